The van der Waals surface area contributed by atoms with E-state index in [9.17, 15) is 29.7 Å². The number of halogens is 1. The zero-order valence-corrected chi connectivity index (χ0v) is 27.8. The van der Waals surface area contributed by atoms with Gasteiger partial charge in [-0.15, -0.1) is 0 Å². The van der Waals surface area contributed by atoms with Crippen molar-refractivity contribution in [3.8, 4) is 11.5 Å². The second kappa shape index (κ2) is 16.0. The van der Waals surface area contributed by atoms with E-state index in [0.717, 1.165) is 29.6 Å². The number of nitrogens with zero attached hydrogens (tertiary/aromatic N) is 1. The number of ether oxygens (including phenoxy) is 1. The number of likely N-dealkylation sites (tertiary alicyclic amines) is 1. The molecule has 4 atom stereocenters. The number of fused-ring (bicyclic) bond motifs is 1. The lowest BCUT2D eigenvalue weighted by atomic mass is 9.66. The van der Waals surface area contributed by atoms with E-state index in [-0.39, 0.29) is 43.1 Å². The Morgan fingerprint density at radius 3 is 2.47 bits per heavy atom. The van der Waals surface area contributed by atoms with E-state index in [0.29, 0.717) is 53.4 Å². The minimum absolute atomic E-state index is 0.0322. The Balaban J connectivity index is 1.81. The van der Waals surface area contributed by atoms with Crippen LogP contribution in [0.3, 0.4) is 0 Å². The molecule has 1 fully saturated rings. The molecule has 1 aliphatic heterocycles. The molecule has 1 aliphatic carbocycles. The van der Waals surface area contributed by atoms with E-state index in [2.05, 4.69) is 35.6 Å². The quantitative estimate of drug-likeness (QED) is 0.0758. The highest BCUT2D eigenvalue weighted by Crippen LogP contribution is 2.48. The number of amides is 2. The zero-order chi connectivity index (χ0) is 31.8. The van der Waals surface area contributed by atoms with Crippen LogP contribution in [0.4, 0.5) is 0 Å². The summed E-state index contributed by atoms with van der Waals surface area (Å²) in [5.74, 6) is -2.77. The van der Waals surface area contributed by atoms with Crippen molar-refractivity contribution in [2.45, 2.75) is 84.7 Å². The van der Waals surface area contributed by atoms with Gasteiger partial charge in [-0.05, 0) is 90.3 Å². The van der Waals surface area contributed by atoms with Gasteiger partial charge >= 0.3 is 5.97 Å². The van der Waals surface area contributed by atoms with Crippen LogP contribution < -0.4 is 4.74 Å². The zero-order valence-electron chi connectivity index (χ0n) is 25.6. The predicted molar refractivity (Wildman–Crippen MR) is 172 cm³/mol. The van der Waals surface area contributed by atoms with Gasteiger partial charge in [-0.3, -0.25) is 19.3 Å². The summed E-state index contributed by atoms with van der Waals surface area (Å²) in [5.41, 5.74) is 3.66. The summed E-state index contributed by atoms with van der Waals surface area (Å²) in [7, 11) is 1.51. The van der Waals surface area contributed by atoms with Crippen molar-refractivity contribution < 1.29 is 39.5 Å². The number of carboxylic acids is 1. The van der Waals surface area contributed by atoms with Crippen LogP contribution in [0.25, 0.3) is 6.08 Å². The van der Waals surface area contributed by atoms with Crippen molar-refractivity contribution in [3.05, 3.63) is 38.0 Å². The Kier molecular flexibility index (Phi) is 13.1. The number of phenols is 1. The molecule has 238 valence electrons. The number of imide groups is 1. The first kappa shape index (κ1) is 35.0. The summed E-state index contributed by atoms with van der Waals surface area (Å²) in [5, 5.41) is 41.3. The van der Waals surface area contributed by atoms with Crippen molar-refractivity contribution in [2.24, 2.45) is 23.7 Å². The van der Waals surface area contributed by atoms with Gasteiger partial charge in [0.2, 0.25) is 11.8 Å². The minimum atomic E-state index is -0.877. The highest BCUT2D eigenvalue weighted by molar-refractivity contribution is 14.1. The molecule has 3 rings (SSSR count). The summed E-state index contributed by atoms with van der Waals surface area (Å²) < 4.78 is 5.99. The average molecular weight is 712 g/mol. The number of allylic oxidation sites excluding steroid dienone is 2. The standard InChI is InChI=1S/C33H46INO8/c1-5-9-20(14-21-15-25(34)31(40)27(16-21)43-4)11-12-26(37)29-22(19(2)3)17-23-30(24(29)18-36)33(42)35(32(23)41)13-8-6-7-10-28(38)39/h14-16,19,23-24,26,30,36-37,40H,5-13,17-18H2,1-4H3,(H,38,39)/b20-14+/t23-,24+,26-,30-/m1/s1. The number of phenolic OH excluding ortho intramolecular Hbond substituents is 1. The van der Waals surface area contributed by atoms with Crippen LogP contribution in [-0.2, 0) is 14.4 Å². The lowest BCUT2D eigenvalue weighted by molar-refractivity contribution is -0.141. The molecule has 0 radical (unpaired) electrons. The van der Waals surface area contributed by atoms with Gasteiger partial charge in [0.15, 0.2) is 11.5 Å². The molecular weight excluding hydrogens is 665 g/mol. The minimum Gasteiger partial charge on any atom is -0.504 e. The van der Waals surface area contributed by atoms with Crippen LogP contribution in [0.1, 0.15) is 84.1 Å². The second-order valence-corrected chi connectivity index (χ2v) is 13.1. The van der Waals surface area contributed by atoms with Crippen LogP contribution in [0.5, 0.6) is 11.5 Å². The fourth-order valence-corrected chi connectivity index (χ4v) is 7.21. The van der Waals surface area contributed by atoms with Crippen LogP contribution in [0.2, 0.25) is 0 Å². The number of carboxylic acid groups (broad SMARTS) is 1. The van der Waals surface area contributed by atoms with Gasteiger partial charge < -0.3 is 25.2 Å². The molecule has 10 heteroatoms. The molecule has 9 nitrogen and oxygen atoms in total. The number of carbonyl (C=O) groups is 3. The Morgan fingerprint density at radius 2 is 1.86 bits per heavy atom. The van der Waals surface area contributed by atoms with Gasteiger partial charge in [0.05, 0.1) is 35.2 Å². The Labute approximate surface area is 268 Å². The lowest BCUT2D eigenvalue weighted by Gasteiger charge is -2.38. The molecule has 0 saturated carbocycles. The molecule has 0 bridgehead atoms. The third-order valence-corrected chi connectivity index (χ3v) is 9.51. The summed E-state index contributed by atoms with van der Waals surface area (Å²) in [6.07, 6.45) is 6.00. The highest BCUT2D eigenvalue weighted by atomic mass is 127. The van der Waals surface area contributed by atoms with Crippen molar-refractivity contribution >= 4 is 46.5 Å². The van der Waals surface area contributed by atoms with Crippen LogP contribution >= 0.6 is 22.6 Å². The monoisotopic (exact) mass is 711 g/mol. The first-order valence-corrected chi connectivity index (χ1v) is 16.4. The SMILES string of the molecule is CCC/C(=C\c1cc(I)c(O)c(OC)c1)CC[C@@H](O)C1=C(C(C)C)C[C@H]2C(=O)N(CCCCCC(=O)O)C(=O)[C@H]2[C@H]1CO. The summed E-state index contributed by atoms with van der Waals surface area (Å²) in [6.45, 7) is 6.03. The molecule has 1 heterocycles. The molecule has 1 aromatic carbocycles. The van der Waals surface area contributed by atoms with Gasteiger partial charge in [-0.1, -0.05) is 50.8 Å². The number of carbonyl (C=O) groups excluding carboxylic acids is 2. The van der Waals surface area contributed by atoms with E-state index >= 15 is 0 Å². The maximum absolute atomic E-state index is 13.6. The van der Waals surface area contributed by atoms with Crippen molar-refractivity contribution in [1.29, 1.82) is 0 Å². The maximum atomic E-state index is 13.6. The second-order valence-electron chi connectivity index (χ2n) is 12.0. The van der Waals surface area contributed by atoms with Crippen molar-refractivity contribution in [1.82, 2.24) is 4.90 Å². The van der Waals surface area contributed by atoms with Gasteiger partial charge in [0.25, 0.3) is 0 Å². The third kappa shape index (κ3) is 8.39. The maximum Gasteiger partial charge on any atom is 0.303 e. The van der Waals surface area contributed by atoms with Gasteiger partial charge in [-0.25, -0.2) is 0 Å². The molecule has 0 unspecified atom stereocenters. The molecule has 1 aromatic rings. The Hall–Kier alpha value is -2.44. The number of aliphatic carboxylic acids is 1. The number of unbranched alkanes of at least 4 members (excludes halogenated alkanes) is 2. The number of methoxy groups -OCH3 is 1. The topological polar surface area (TPSA) is 145 Å². The van der Waals surface area contributed by atoms with E-state index in [1.54, 1.807) is 6.07 Å². The molecule has 1 saturated heterocycles. The van der Waals surface area contributed by atoms with Crippen LogP contribution in [0, 0.1) is 27.2 Å². The third-order valence-electron chi connectivity index (χ3n) is 8.69. The predicted octanol–water partition coefficient (Wildman–Crippen LogP) is 5.54. The summed E-state index contributed by atoms with van der Waals surface area (Å²) in [6, 6.07) is 3.67. The number of aliphatic hydroxyl groups excluding tert-OH is 2. The molecule has 2 amide bonds. The largest absolute Gasteiger partial charge is 0.504 e. The van der Waals surface area contributed by atoms with E-state index in [1.807, 2.05) is 19.9 Å². The first-order chi connectivity index (χ1) is 20.4. The number of benzene rings is 1. The molecule has 4 N–H and O–H groups in total. The molecule has 43 heavy (non-hydrogen) atoms. The number of hydrogen-bond acceptors (Lipinski definition) is 7. The number of aliphatic hydroxyl groups is 2. The highest BCUT2D eigenvalue weighted by Gasteiger charge is 2.54. The molecular formula is C33H46INO8. The summed E-state index contributed by atoms with van der Waals surface area (Å²) in [4.78, 5) is 39.0. The summed E-state index contributed by atoms with van der Waals surface area (Å²) >= 11 is 2.07. The van der Waals surface area contributed by atoms with Crippen molar-refractivity contribution in [2.75, 3.05) is 20.3 Å². The first-order valence-electron chi connectivity index (χ1n) is 15.3. The molecule has 0 spiro atoms. The lowest BCUT2D eigenvalue weighted by Crippen LogP contribution is -2.40. The van der Waals surface area contributed by atoms with Gasteiger partial charge in [0, 0.05) is 18.9 Å². The van der Waals surface area contributed by atoms with E-state index in [1.165, 1.54) is 12.0 Å². The number of aromatic hydroxyl groups is 1. The van der Waals surface area contributed by atoms with Crippen LogP contribution in [0.15, 0.2) is 28.9 Å². The van der Waals surface area contributed by atoms with E-state index in [4.69, 9.17) is 9.84 Å². The number of rotatable bonds is 16. The Morgan fingerprint density at radius 1 is 1.14 bits per heavy atom. The number of hydrogen-bond donors (Lipinski definition) is 4. The molecule has 0 aromatic heterocycles. The fraction of sp³-hybridized carbons (Fsp3) is 0.606. The normalized spacial score (nSPS) is 21.5. The Bertz CT molecular complexity index is 1240. The fourth-order valence-electron chi connectivity index (χ4n) is 6.59. The molecule has 2 aliphatic rings. The van der Waals surface area contributed by atoms with Crippen LogP contribution in [-0.4, -0.2) is 69.5 Å². The van der Waals surface area contributed by atoms with Crippen molar-refractivity contribution in [3.63, 3.8) is 0 Å². The average Bonchev–Trinajstić information content (AvgIpc) is 3.20. The smallest absolute Gasteiger partial charge is 0.303 e. The van der Waals surface area contributed by atoms with Gasteiger partial charge in [0.1, 0.15) is 0 Å². The van der Waals surface area contributed by atoms with Gasteiger partial charge in [-0.2, -0.15) is 0 Å². The van der Waals surface area contributed by atoms with E-state index < -0.39 is 29.8 Å².